The molecule has 3 rings (SSSR count). The van der Waals surface area contributed by atoms with Crippen molar-refractivity contribution in [2.75, 3.05) is 23.3 Å². The summed E-state index contributed by atoms with van der Waals surface area (Å²) in [7, 11) is 0. The molecule has 1 aliphatic rings. The van der Waals surface area contributed by atoms with Crippen molar-refractivity contribution in [3.05, 3.63) is 52.1 Å². The molecule has 1 aliphatic heterocycles. The van der Waals surface area contributed by atoms with Crippen LogP contribution in [0.1, 0.15) is 23.2 Å². The molecule has 22 heavy (non-hydrogen) atoms. The van der Waals surface area contributed by atoms with Gasteiger partial charge in [-0.1, -0.05) is 29.3 Å². The highest BCUT2D eigenvalue weighted by Gasteiger charge is 2.15. The van der Waals surface area contributed by atoms with E-state index in [9.17, 15) is 4.79 Å². The SMILES string of the molecule is O=C(Nc1ccc(N2CCCC2)cn1)c1cccc(Cl)c1Cl. The second kappa shape index (κ2) is 6.55. The van der Waals surface area contributed by atoms with Crippen LogP contribution in [0.4, 0.5) is 11.5 Å². The zero-order valence-corrected chi connectivity index (χ0v) is 13.4. The van der Waals surface area contributed by atoms with Crippen LogP contribution in [0, 0.1) is 0 Å². The number of amides is 1. The van der Waals surface area contributed by atoms with Gasteiger partial charge in [-0.15, -0.1) is 0 Å². The van der Waals surface area contributed by atoms with Crippen LogP contribution in [-0.2, 0) is 0 Å². The Morgan fingerprint density at radius 1 is 1.14 bits per heavy atom. The number of carbonyl (C=O) groups excluding carboxylic acids is 1. The molecule has 0 aliphatic carbocycles. The summed E-state index contributed by atoms with van der Waals surface area (Å²) < 4.78 is 0. The molecule has 0 spiro atoms. The molecule has 0 unspecified atom stereocenters. The lowest BCUT2D eigenvalue weighted by atomic mass is 10.2. The molecule has 2 aromatic rings. The van der Waals surface area contributed by atoms with Gasteiger partial charge in [-0.3, -0.25) is 4.79 Å². The fourth-order valence-electron chi connectivity index (χ4n) is 2.49. The van der Waals surface area contributed by atoms with Gasteiger partial charge in [0.15, 0.2) is 0 Å². The van der Waals surface area contributed by atoms with E-state index in [1.807, 2.05) is 6.07 Å². The lowest BCUT2D eigenvalue weighted by Gasteiger charge is -2.17. The number of nitrogens with one attached hydrogen (secondary N) is 1. The van der Waals surface area contributed by atoms with Gasteiger partial charge in [0.05, 0.1) is 27.5 Å². The molecule has 1 amide bonds. The fraction of sp³-hybridized carbons (Fsp3) is 0.250. The first kappa shape index (κ1) is 15.1. The Morgan fingerprint density at radius 3 is 2.59 bits per heavy atom. The Labute approximate surface area is 139 Å². The van der Waals surface area contributed by atoms with E-state index in [-0.39, 0.29) is 10.9 Å². The van der Waals surface area contributed by atoms with E-state index in [0.29, 0.717) is 16.4 Å². The van der Waals surface area contributed by atoms with E-state index >= 15 is 0 Å². The zero-order valence-electron chi connectivity index (χ0n) is 11.9. The van der Waals surface area contributed by atoms with Crippen molar-refractivity contribution in [3.8, 4) is 0 Å². The average Bonchev–Trinajstić information content (AvgIpc) is 3.05. The fourth-order valence-corrected chi connectivity index (χ4v) is 2.87. The van der Waals surface area contributed by atoms with E-state index in [0.717, 1.165) is 18.8 Å². The van der Waals surface area contributed by atoms with E-state index in [1.165, 1.54) is 12.8 Å². The monoisotopic (exact) mass is 335 g/mol. The highest BCUT2D eigenvalue weighted by Crippen LogP contribution is 2.26. The Morgan fingerprint density at radius 2 is 1.91 bits per heavy atom. The third-order valence-corrected chi connectivity index (χ3v) is 4.48. The molecule has 1 aromatic heterocycles. The van der Waals surface area contributed by atoms with Crippen molar-refractivity contribution in [1.29, 1.82) is 0 Å². The molecule has 0 bridgehead atoms. The van der Waals surface area contributed by atoms with Gasteiger partial charge in [0, 0.05) is 13.1 Å². The Hall–Kier alpha value is -1.78. The van der Waals surface area contributed by atoms with Crippen molar-refractivity contribution in [3.63, 3.8) is 0 Å². The summed E-state index contributed by atoms with van der Waals surface area (Å²) in [6.45, 7) is 2.12. The van der Waals surface area contributed by atoms with Crippen LogP contribution in [0.25, 0.3) is 0 Å². The molecule has 4 nitrogen and oxygen atoms in total. The van der Waals surface area contributed by atoms with Crippen LogP contribution in [-0.4, -0.2) is 24.0 Å². The minimum Gasteiger partial charge on any atom is -0.370 e. The number of hydrogen-bond acceptors (Lipinski definition) is 3. The van der Waals surface area contributed by atoms with Crippen LogP contribution in [0.3, 0.4) is 0 Å². The number of carbonyl (C=O) groups is 1. The quantitative estimate of drug-likeness (QED) is 0.912. The highest BCUT2D eigenvalue weighted by atomic mass is 35.5. The van der Waals surface area contributed by atoms with E-state index in [2.05, 4.69) is 15.2 Å². The minimum atomic E-state index is -0.325. The molecule has 1 fully saturated rings. The molecule has 1 N–H and O–H groups in total. The molecule has 1 aromatic carbocycles. The molecule has 6 heteroatoms. The van der Waals surface area contributed by atoms with Gasteiger partial charge in [-0.25, -0.2) is 4.98 Å². The van der Waals surface area contributed by atoms with Gasteiger partial charge in [-0.2, -0.15) is 0 Å². The Balaban J connectivity index is 1.72. The maximum Gasteiger partial charge on any atom is 0.258 e. The number of pyridine rings is 1. The van der Waals surface area contributed by atoms with Crippen LogP contribution >= 0.6 is 23.2 Å². The van der Waals surface area contributed by atoms with Crippen LogP contribution in [0.15, 0.2) is 36.5 Å². The first-order valence-corrected chi connectivity index (χ1v) is 7.87. The van der Waals surface area contributed by atoms with Gasteiger partial charge in [0.2, 0.25) is 0 Å². The maximum absolute atomic E-state index is 12.2. The molecule has 0 saturated carbocycles. The third kappa shape index (κ3) is 3.18. The standard InChI is InChI=1S/C16H15Cl2N3O/c17-13-5-3-4-12(15(13)18)16(22)20-14-7-6-11(10-19-14)21-8-1-2-9-21/h3-7,10H,1-2,8-9H2,(H,19,20,22). The number of aromatic nitrogens is 1. The largest absolute Gasteiger partial charge is 0.370 e. The molecule has 0 radical (unpaired) electrons. The minimum absolute atomic E-state index is 0.246. The summed E-state index contributed by atoms with van der Waals surface area (Å²) in [5.74, 6) is 0.165. The summed E-state index contributed by atoms with van der Waals surface area (Å²) >= 11 is 12.0. The summed E-state index contributed by atoms with van der Waals surface area (Å²) in [6.07, 6.45) is 4.21. The number of hydrogen-bond donors (Lipinski definition) is 1. The predicted molar refractivity (Wildman–Crippen MR) is 90.1 cm³/mol. The normalized spacial score (nSPS) is 14.2. The van der Waals surface area contributed by atoms with E-state index in [4.69, 9.17) is 23.2 Å². The van der Waals surface area contributed by atoms with Crippen LogP contribution < -0.4 is 10.2 Å². The smallest absolute Gasteiger partial charge is 0.258 e. The predicted octanol–water partition coefficient (Wildman–Crippen LogP) is 4.24. The number of nitrogens with zero attached hydrogens (tertiary/aromatic N) is 2. The number of anilines is 2. The summed E-state index contributed by atoms with van der Waals surface area (Å²) in [5, 5.41) is 3.33. The lowest BCUT2D eigenvalue weighted by molar-refractivity contribution is 0.102. The number of rotatable bonds is 3. The first-order chi connectivity index (χ1) is 10.6. The van der Waals surface area contributed by atoms with Gasteiger partial charge in [-0.05, 0) is 37.1 Å². The van der Waals surface area contributed by atoms with Crippen molar-refractivity contribution in [1.82, 2.24) is 4.98 Å². The van der Waals surface area contributed by atoms with Crippen LogP contribution in [0.5, 0.6) is 0 Å². The molecule has 114 valence electrons. The van der Waals surface area contributed by atoms with Crippen molar-refractivity contribution in [2.24, 2.45) is 0 Å². The van der Waals surface area contributed by atoms with Crippen LogP contribution in [0.2, 0.25) is 10.0 Å². The summed E-state index contributed by atoms with van der Waals surface area (Å²) in [6, 6.07) is 8.72. The van der Waals surface area contributed by atoms with E-state index < -0.39 is 0 Å². The first-order valence-electron chi connectivity index (χ1n) is 7.11. The third-order valence-electron chi connectivity index (χ3n) is 3.66. The molecule has 2 heterocycles. The maximum atomic E-state index is 12.2. The number of benzene rings is 1. The summed E-state index contributed by atoms with van der Waals surface area (Å²) in [4.78, 5) is 18.8. The average molecular weight is 336 g/mol. The molecule has 0 atom stereocenters. The molecular formula is C16H15Cl2N3O. The van der Waals surface area contributed by atoms with Crippen molar-refractivity contribution < 1.29 is 4.79 Å². The Bertz CT molecular complexity index is 682. The topological polar surface area (TPSA) is 45.2 Å². The zero-order chi connectivity index (χ0) is 15.5. The molecular weight excluding hydrogens is 321 g/mol. The number of halogens is 2. The Kier molecular flexibility index (Phi) is 4.50. The van der Waals surface area contributed by atoms with E-state index in [1.54, 1.807) is 30.5 Å². The second-order valence-corrected chi connectivity index (χ2v) is 5.94. The van der Waals surface area contributed by atoms with Crippen molar-refractivity contribution in [2.45, 2.75) is 12.8 Å². The second-order valence-electron chi connectivity index (χ2n) is 5.15. The van der Waals surface area contributed by atoms with Crippen molar-refractivity contribution >= 4 is 40.6 Å². The molecule has 1 saturated heterocycles. The van der Waals surface area contributed by atoms with Gasteiger partial charge in [0.25, 0.3) is 5.91 Å². The summed E-state index contributed by atoms with van der Waals surface area (Å²) in [5.41, 5.74) is 1.41. The van der Waals surface area contributed by atoms with Gasteiger partial charge < -0.3 is 10.2 Å². The highest BCUT2D eigenvalue weighted by molar-refractivity contribution is 6.44. The van der Waals surface area contributed by atoms with Gasteiger partial charge in [0.1, 0.15) is 5.82 Å². The lowest BCUT2D eigenvalue weighted by Crippen LogP contribution is -2.18. The van der Waals surface area contributed by atoms with Gasteiger partial charge >= 0.3 is 0 Å².